The monoisotopic (exact) mass is 503 g/mol. The molecule has 0 saturated heterocycles. The minimum atomic E-state index is 0.0532. The van der Waals surface area contributed by atoms with Crippen LogP contribution in [0.2, 0.25) is 0 Å². The summed E-state index contributed by atoms with van der Waals surface area (Å²) in [6.45, 7) is 2.76. The Morgan fingerprint density at radius 2 is 1.68 bits per heavy atom. The van der Waals surface area contributed by atoms with E-state index in [1.807, 2.05) is 36.4 Å². The number of ether oxygens (including phenoxy) is 5. The fourth-order valence-corrected chi connectivity index (χ4v) is 4.41. The SMILES string of the molecule is COCCCCOc1cc(OC)ccc1/C=C/C1NCCc2cc(OCc3ccccc3)c(OC)cc21. The first-order valence-electron chi connectivity index (χ1n) is 12.8. The van der Waals surface area contributed by atoms with E-state index in [0.29, 0.717) is 13.2 Å². The fourth-order valence-electron chi connectivity index (χ4n) is 4.41. The number of unbranched alkanes of at least 4 members (excludes halogenated alkanes) is 1. The summed E-state index contributed by atoms with van der Waals surface area (Å²) in [7, 11) is 5.07. The van der Waals surface area contributed by atoms with Crippen molar-refractivity contribution < 1.29 is 23.7 Å². The molecule has 3 aromatic rings. The molecule has 6 nitrogen and oxygen atoms in total. The van der Waals surface area contributed by atoms with E-state index in [1.54, 1.807) is 21.3 Å². The van der Waals surface area contributed by atoms with Gasteiger partial charge in [0, 0.05) is 31.9 Å². The second-order valence-corrected chi connectivity index (χ2v) is 8.97. The topological polar surface area (TPSA) is 58.2 Å². The molecule has 0 amide bonds. The predicted octanol–water partition coefficient (Wildman–Crippen LogP) is 5.99. The number of hydrogen-bond acceptors (Lipinski definition) is 6. The van der Waals surface area contributed by atoms with Crippen LogP contribution in [0.3, 0.4) is 0 Å². The number of methoxy groups -OCH3 is 3. The molecule has 4 rings (SSSR count). The van der Waals surface area contributed by atoms with Gasteiger partial charge >= 0.3 is 0 Å². The quantitative estimate of drug-likeness (QED) is 0.289. The Morgan fingerprint density at radius 3 is 2.46 bits per heavy atom. The summed E-state index contributed by atoms with van der Waals surface area (Å²) < 4.78 is 28.5. The highest BCUT2D eigenvalue weighted by atomic mass is 16.5. The Labute approximate surface area is 220 Å². The number of nitrogens with one attached hydrogen (secondary N) is 1. The molecule has 1 unspecified atom stereocenters. The minimum absolute atomic E-state index is 0.0532. The first kappa shape index (κ1) is 26.6. The zero-order valence-electron chi connectivity index (χ0n) is 22.0. The molecular formula is C31H37NO5. The van der Waals surface area contributed by atoms with E-state index in [4.69, 9.17) is 23.7 Å². The van der Waals surface area contributed by atoms with Crippen LogP contribution in [0.15, 0.2) is 66.7 Å². The molecule has 3 aromatic carbocycles. The Morgan fingerprint density at radius 1 is 0.838 bits per heavy atom. The van der Waals surface area contributed by atoms with Crippen molar-refractivity contribution in [3.63, 3.8) is 0 Å². The third kappa shape index (κ3) is 7.28. The number of fused-ring (bicyclic) bond motifs is 1. The summed E-state index contributed by atoms with van der Waals surface area (Å²) in [4.78, 5) is 0. The molecular weight excluding hydrogens is 466 g/mol. The molecule has 37 heavy (non-hydrogen) atoms. The third-order valence-corrected chi connectivity index (χ3v) is 6.45. The van der Waals surface area contributed by atoms with Crippen molar-refractivity contribution in [2.45, 2.75) is 31.9 Å². The van der Waals surface area contributed by atoms with Gasteiger partial charge < -0.3 is 29.0 Å². The lowest BCUT2D eigenvalue weighted by Crippen LogP contribution is -2.28. The van der Waals surface area contributed by atoms with Gasteiger partial charge in [-0.2, -0.15) is 0 Å². The molecule has 0 radical (unpaired) electrons. The number of rotatable bonds is 13. The highest BCUT2D eigenvalue weighted by Gasteiger charge is 2.21. The maximum atomic E-state index is 6.14. The van der Waals surface area contributed by atoms with Gasteiger partial charge in [0.2, 0.25) is 0 Å². The van der Waals surface area contributed by atoms with Crippen molar-refractivity contribution in [1.29, 1.82) is 0 Å². The molecule has 196 valence electrons. The molecule has 0 spiro atoms. The van der Waals surface area contributed by atoms with Crippen molar-refractivity contribution in [3.05, 3.63) is 89.0 Å². The van der Waals surface area contributed by atoms with E-state index in [9.17, 15) is 0 Å². The van der Waals surface area contributed by atoms with Gasteiger partial charge in [-0.05, 0) is 60.2 Å². The van der Waals surface area contributed by atoms with Gasteiger partial charge in [-0.15, -0.1) is 0 Å². The normalized spacial score (nSPS) is 14.8. The molecule has 1 heterocycles. The molecule has 0 fully saturated rings. The second-order valence-electron chi connectivity index (χ2n) is 8.97. The van der Waals surface area contributed by atoms with Crippen LogP contribution in [0.5, 0.6) is 23.0 Å². The number of benzene rings is 3. The lowest BCUT2D eigenvalue weighted by Gasteiger charge is -2.26. The van der Waals surface area contributed by atoms with Crippen LogP contribution < -0.4 is 24.3 Å². The molecule has 0 bridgehead atoms. The Hall–Kier alpha value is -3.48. The molecule has 1 aliphatic rings. The van der Waals surface area contributed by atoms with Gasteiger partial charge in [0.1, 0.15) is 18.1 Å². The molecule has 6 heteroatoms. The third-order valence-electron chi connectivity index (χ3n) is 6.45. The van der Waals surface area contributed by atoms with Gasteiger partial charge in [0.25, 0.3) is 0 Å². The second kappa shape index (κ2) is 13.7. The van der Waals surface area contributed by atoms with Gasteiger partial charge in [-0.25, -0.2) is 0 Å². The first-order chi connectivity index (χ1) is 18.2. The Balaban J connectivity index is 1.51. The number of hydrogen-bond donors (Lipinski definition) is 1. The molecule has 0 aromatic heterocycles. The van der Waals surface area contributed by atoms with E-state index in [-0.39, 0.29) is 6.04 Å². The van der Waals surface area contributed by atoms with Crippen molar-refractivity contribution in [1.82, 2.24) is 5.32 Å². The maximum absolute atomic E-state index is 6.14. The molecule has 1 atom stereocenters. The predicted molar refractivity (Wildman–Crippen MR) is 147 cm³/mol. The lowest BCUT2D eigenvalue weighted by molar-refractivity contribution is 0.184. The van der Waals surface area contributed by atoms with Crippen LogP contribution in [0.1, 0.15) is 41.1 Å². The van der Waals surface area contributed by atoms with Crippen molar-refractivity contribution >= 4 is 6.08 Å². The summed E-state index contributed by atoms with van der Waals surface area (Å²) in [6.07, 6.45) is 7.13. The summed E-state index contributed by atoms with van der Waals surface area (Å²) in [5.41, 5.74) is 4.60. The van der Waals surface area contributed by atoms with Crippen LogP contribution in [0.25, 0.3) is 6.08 Å². The van der Waals surface area contributed by atoms with Crippen molar-refractivity contribution in [3.8, 4) is 23.0 Å². The highest BCUT2D eigenvalue weighted by Crippen LogP contribution is 2.37. The zero-order chi connectivity index (χ0) is 25.9. The molecule has 1 aliphatic heterocycles. The average molecular weight is 504 g/mol. The highest BCUT2D eigenvalue weighted by molar-refractivity contribution is 5.61. The van der Waals surface area contributed by atoms with E-state index >= 15 is 0 Å². The summed E-state index contributed by atoms with van der Waals surface area (Å²) in [6, 6.07) is 20.4. The average Bonchev–Trinajstić information content (AvgIpc) is 2.95. The van der Waals surface area contributed by atoms with Gasteiger partial charge in [-0.1, -0.05) is 42.5 Å². The largest absolute Gasteiger partial charge is 0.497 e. The lowest BCUT2D eigenvalue weighted by atomic mass is 9.93. The van der Waals surface area contributed by atoms with Crippen LogP contribution in [-0.4, -0.2) is 41.1 Å². The van der Waals surface area contributed by atoms with Crippen molar-refractivity contribution in [2.75, 3.05) is 41.1 Å². The van der Waals surface area contributed by atoms with Crippen LogP contribution in [-0.2, 0) is 17.8 Å². The van der Waals surface area contributed by atoms with Crippen LogP contribution in [0.4, 0.5) is 0 Å². The molecule has 0 aliphatic carbocycles. The summed E-state index contributed by atoms with van der Waals surface area (Å²) in [5, 5.41) is 3.62. The summed E-state index contributed by atoms with van der Waals surface area (Å²) >= 11 is 0. The van der Waals surface area contributed by atoms with Crippen molar-refractivity contribution in [2.24, 2.45) is 0 Å². The molecule has 1 N–H and O–H groups in total. The van der Waals surface area contributed by atoms with E-state index in [1.165, 1.54) is 11.1 Å². The van der Waals surface area contributed by atoms with Crippen LogP contribution >= 0.6 is 0 Å². The molecule has 0 saturated carbocycles. The summed E-state index contributed by atoms with van der Waals surface area (Å²) in [5.74, 6) is 3.10. The van der Waals surface area contributed by atoms with Gasteiger partial charge in [0.05, 0.1) is 26.9 Å². The smallest absolute Gasteiger partial charge is 0.161 e. The van der Waals surface area contributed by atoms with Gasteiger partial charge in [0.15, 0.2) is 11.5 Å². The Kier molecular flexibility index (Phi) is 9.86. The Bertz CT molecular complexity index is 1160. The minimum Gasteiger partial charge on any atom is -0.497 e. The standard InChI is InChI=1S/C31H37NO5/c1-33-17-7-8-18-36-29-20-26(34-2)13-11-24(29)12-14-28-27-21-30(35-3)31(19-25(27)15-16-32-28)37-22-23-9-5-4-6-10-23/h4-6,9-14,19-21,28,32H,7-8,15-18,22H2,1-3H3/b14-12+. The van der Waals surface area contributed by atoms with Gasteiger partial charge in [-0.3, -0.25) is 0 Å². The zero-order valence-corrected chi connectivity index (χ0v) is 22.0. The maximum Gasteiger partial charge on any atom is 0.161 e. The van der Waals surface area contributed by atoms with E-state index in [0.717, 1.165) is 66.5 Å². The van der Waals surface area contributed by atoms with E-state index < -0.39 is 0 Å². The van der Waals surface area contributed by atoms with E-state index in [2.05, 4.69) is 41.7 Å². The fraction of sp³-hybridized carbons (Fsp3) is 0.355. The first-order valence-corrected chi connectivity index (χ1v) is 12.8. The van der Waals surface area contributed by atoms with Crippen LogP contribution in [0, 0.1) is 0 Å².